The second kappa shape index (κ2) is 12.3. The Kier molecular flexibility index (Phi) is 8.87. The van der Waals surface area contributed by atoms with Crippen LogP contribution in [-0.2, 0) is 0 Å². The number of ether oxygens (including phenoxy) is 3. The van der Waals surface area contributed by atoms with Crippen molar-refractivity contribution in [2.75, 3.05) is 6.79 Å². The third kappa shape index (κ3) is 8.14. The molecule has 0 heterocycles. The number of hydrogen-bond donors (Lipinski definition) is 0. The van der Waals surface area contributed by atoms with E-state index in [1.165, 1.54) is 11.1 Å². The van der Waals surface area contributed by atoms with Gasteiger partial charge in [-0.25, -0.2) is 4.79 Å². The van der Waals surface area contributed by atoms with Crippen molar-refractivity contribution < 1.29 is 19.0 Å². The third-order valence-electron chi connectivity index (χ3n) is 5.01. The van der Waals surface area contributed by atoms with Gasteiger partial charge in [0.15, 0.2) is 0 Å². The lowest BCUT2D eigenvalue weighted by Crippen LogP contribution is -2.08. The smallest absolute Gasteiger partial charge is 0.343 e. The summed E-state index contributed by atoms with van der Waals surface area (Å²) in [6.07, 6.45) is 0. The Labute approximate surface area is 201 Å². The minimum Gasteiger partial charge on any atom is -0.458 e. The van der Waals surface area contributed by atoms with Crippen molar-refractivity contribution in [3.8, 4) is 17.2 Å². The van der Waals surface area contributed by atoms with Crippen LogP contribution < -0.4 is 14.2 Å². The Balaban J connectivity index is 0.000000191. The van der Waals surface area contributed by atoms with E-state index < -0.39 is 0 Å². The van der Waals surface area contributed by atoms with Crippen molar-refractivity contribution in [1.82, 2.24) is 0 Å². The van der Waals surface area contributed by atoms with E-state index in [0.29, 0.717) is 11.3 Å². The van der Waals surface area contributed by atoms with Crippen LogP contribution in [0.25, 0.3) is 0 Å². The fraction of sp³-hybridized carbons (Fsp3) is 0.167. The molecule has 0 aliphatic heterocycles. The summed E-state index contributed by atoms with van der Waals surface area (Å²) < 4.78 is 16.2. The molecule has 4 aromatic rings. The van der Waals surface area contributed by atoms with Gasteiger partial charge in [0, 0.05) is 0 Å². The van der Waals surface area contributed by atoms with E-state index >= 15 is 0 Å². The van der Waals surface area contributed by atoms with E-state index in [-0.39, 0.29) is 12.8 Å². The molecule has 4 nitrogen and oxygen atoms in total. The first-order valence-electron chi connectivity index (χ1n) is 11.1. The average molecular weight is 455 g/mol. The topological polar surface area (TPSA) is 44.8 Å². The summed E-state index contributed by atoms with van der Waals surface area (Å²) in [5.41, 5.74) is 5.27. The minimum absolute atomic E-state index is 0.228. The maximum absolute atomic E-state index is 11.8. The molecule has 0 bridgehead atoms. The molecule has 0 radical (unpaired) electrons. The molecule has 0 atom stereocenters. The fourth-order valence-corrected chi connectivity index (χ4v) is 2.90. The molecule has 0 fully saturated rings. The molecule has 0 spiro atoms. The van der Waals surface area contributed by atoms with Gasteiger partial charge in [-0.1, -0.05) is 70.8 Å². The van der Waals surface area contributed by atoms with Gasteiger partial charge in [-0.05, 0) is 76.2 Å². The number of hydrogen-bond acceptors (Lipinski definition) is 4. The first-order valence-corrected chi connectivity index (χ1v) is 11.1. The van der Waals surface area contributed by atoms with Gasteiger partial charge in [-0.15, -0.1) is 0 Å². The van der Waals surface area contributed by atoms with Gasteiger partial charge in [-0.3, -0.25) is 0 Å². The normalized spacial score (nSPS) is 10.0. The fourth-order valence-electron chi connectivity index (χ4n) is 2.90. The van der Waals surface area contributed by atoms with Gasteiger partial charge >= 0.3 is 5.97 Å². The monoisotopic (exact) mass is 454 g/mol. The van der Waals surface area contributed by atoms with Crippen LogP contribution >= 0.6 is 0 Å². The van der Waals surface area contributed by atoms with Crippen molar-refractivity contribution in [3.63, 3.8) is 0 Å². The summed E-state index contributed by atoms with van der Waals surface area (Å²) in [5, 5.41) is 0. The predicted octanol–water partition coefficient (Wildman–Crippen LogP) is 7.24. The van der Waals surface area contributed by atoms with Crippen LogP contribution in [0.2, 0.25) is 0 Å². The Bertz CT molecular complexity index is 1120. The lowest BCUT2D eigenvalue weighted by molar-refractivity contribution is 0.0734. The van der Waals surface area contributed by atoms with Crippen LogP contribution in [0, 0.1) is 27.7 Å². The van der Waals surface area contributed by atoms with E-state index in [2.05, 4.69) is 0 Å². The summed E-state index contributed by atoms with van der Waals surface area (Å²) in [4.78, 5) is 11.8. The van der Waals surface area contributed by atoms with Gasteiger partial charge < -0.3 is 14.2 Å². The highest BCUT2D eigenvalue weighted by atomic mass is 16.7. The third-order valence-corrected chi connectivity index (χ3v) is 5.01. The quantitative estimate of drug-likeness (QED) is 0.175. The molecular weight excluding hydrogens is 424 g/mol. The largest absolute Gasteiger partial charge is 0.458 e. The Morgan fingerprint density at radius 2 is 0.824 bits per heavy atom. The van der Waals surface area contributed by atoms with E-state index in [0.717, 1.165) is 22.6 Å². The number of aryl methyl sites for hydroxylation is 4. The van der Waals surface area contributed by atoms with E-state index in [1.54, 1.807) is 24.3 Å². The van der Waals surface area contributed by atoms with E-state index in [9.17, 15) is 4.79 Å². The molecule has 0 amide bonds. The minimum atomic E-state index is -0.325. The second-order valence-corrected chi connectivity index (χ2v) is 8.10. The van der Waals surface area contributed by atoms with Crippen molar-refractivity contribution in [2.45, 2.75) is 27.7 Å². The highest BCUT2D eigenvalue weighted by molar-refractivity contribution is 5.91. The molecule has 0 saturated carbocycles. The number of carbonyl (C=O) groups excluding carboxylic acids is 1. The summed E-state index contributed by atoms with van der Waals surface area (Å²) in [6.45, 7) is 8.30. The van der Waals surface area contributed by atoms with Gasteiger partial charge in [0.25, 0.3) is 0 Å². The molecule has 4 heteroatoms. The summed E-state index contributed by atoms with van der Waals surface area (Å²) in [6, 6.07) is 30.6. The Morgan fingerprint density at radius 3 is 1.21 bits per heavy atom. The van der Waals surface area contributed by atoms with Crippen molar-refractivity contribution in [1.29, 1.82) is 0 Å². The zero-order valence-corrected chi connectivity index (χ0v) is 20.1. The van der Waals surface area contributed by atoms with Crippen LogP contribution in [-0.4, -0.2) is 12.8 Å². The molecule has 0 saturated heterocycles. The van der Waals surface area contributed by atoms with Gasteiger partial charge in [0.1, 0.15) is 17.2 Å². The lowest BCUT2D eigenvalue weighted by Gasteiger charge is -2.08. The maximum Gasteiger partial charge on any atom is 0.343 e. The van der Waals surface area contributed by atoms with Crippen molar-refractivity contribution in [3.05, 3.63) is 125 Å². The zero-order valence-electron chi connectivity index (χ0n) is 20.1. The molecule has 0 unspecified atom stereocenters. The number of rotatable bonds is 6. The standard InChI is InChI=1S/C15H16O2.C15H14O2/c1-12-3-7-14(8-4-12)16-11-17-15-9-5-13(2)6-10-15;1-11-3-7-13(8-4-11)15(16)17-14-9-5-12(2)6-10-14/h3-10H,11H2,1-2H3;3-10H,1-2H3. The summed E-state index contributed by atoms with van der Waals surface area (Å²) in [7, 11) is 0. The van der Waals surface area contributed by atoms with E-state index in [4.69, 9.17) is 14.2 Å². The van der Waals surface area contributed by atoms with Crippen molar-refractivity contribution >= 4 is 5.97 Å². The number of esters is 1. The molecule has 4 rings (SSSR count). The number of benzene rings is 4. The lowest BCUT2D eigenvalue weighted by atomic mass is 10.1. The molecule has 0 aromatic heterocycles. The first kappa shape index (κ1) is 24.6. The predicted molar refractivity (Wildman–Crippen MR) is 136 cm³/mol. The maximum atomic E-state index is 11.8. The highest BCUT2D eigenvalue weighted by Crippen LogP contribution is 2.15. The first-order chi connectivity index (χ1) is 16.4. The highest BCUT2D eigenvalue weighted by Gasteiger charge is 2.07. The van der Waals surface area contributed by atoms with Crippen LogP contribution in [0.15, 0.2) is 97.1 Å². The molecule has 0 N–H and O–H groups in total. The van der Waals surface area contributed by atoms with Gasteiger partial charge in [0.2, 0.25) is 6.79 Å². The van der Waals surface area contributed by atoms with E-state index in [1.807, 2.05) is 100 Å². The molecule has 4 aromatic carbocycles. The van der Waals surface area contributed by atoms with Crippen molar-refractivity contribution in [2.24, 2.45) is 0 Å². The zero-order chi connectivity index (χ0) is 24.3. The Morgan fingerprint density at radius 1 is 0.500 bits per heavy atom. The molecular formula is C30H30O4. The SMILES string of the molecule is Cc1ccc(OC(=O)c2ccc(C)cc2)cc1.Cc1ccc(OCOc2ccc(C)cc2)cc1. The van der Waals surface area contributed by atoms with Crippen LogP contribution in [0.4, 0.5) is 0 Å². The summed E-state index contributed by atoms with van der Waals surface area (Å²) in [5.74, 6) is 1.89. The molecule has 0 aliphatic carbocycles. The average Bonchev–Trinajstić information content (AvgIpc) is 2.84. The molecule has 0 aliphatic rings. The van der Waals surface area contributed by atoms with Crippen LogP contribution in [0.3, 0.4) is 0 Å². The molecule has 174 valence electrons. The van der Waals surface area contributed by atoms with Gasteiger partial charge in [-0.2, -0.15) is 0 Å². The van der Waals surface area contributed by atoms with Crippen LogP contribution in [0.1, 0.15) is 32.6 Å². The van der Waals surface area contributed by atoms with Gasteiger partial charge in [0.05, 0.1) is 5.56 Å². The molecule has 34 heavy (non-hydrogen) atoms. The Hall–Kier alpha value is -4.05. The number of carbonyl (C=O) groups is 1. The van der Waals surface area contributed by atoms with Crippen LogP contribution in [0.5, 0.6) is 17.2 Å². The second-order valence-electron chi connectivity index (χ2n) is 8.10. The summed E-state index contributed by atoms with van der Waals surface area (Å²) >= 11 is 0.